The molecule has 0 aromatic heterocycles. The molecule has 204 valence electrons. The number of ketones is 1. The first-order chi connectivity index (χ1) is 17.7. The van der Waals surface area contributed by atoms with Crippen LogP contribution in [0.2, 0.25) is 0 Å². The molecular formula is C25H33O11P. The molecule has 1 spiro atoms. The highest BCUT2D eigenvalue weighted by atomic mass is 31.2. The third-order valence-electron chi connectivity index (χ3n) is 7.39. The fraction of sp³-hybridized carbons (Fsp3) is 0.680. The SMILES string of the molecule is CC(=O)CCC(=O)O[C@@H]1[C@H]2OC3(CCCCC3)O[C@H]2[C@@H](O)[C@H](O)[C@H]1OP1(=O)OCc2ccccc2CO1. The van der Waals surface area contributed by atoms with Crippen LogP contribution in [0.3, 0.4) is 0 Å². The van der Waals surface area contributed by atoms with Crippen molar-refractivity contribution in [2.45, 2.75) is 107 Å². The summed E-state index contributed by atoms with van der Waals surface area (Å²) in [7, 11) is -4.27. The van der Waals surface area contributed by atoms with Crippen LogP contribution in [0.4, 0.5) is 0 Å². The van der Waals surface area contributed by atoms with E-state index in [0.29, 0.717) is 12.8 Å². The van der Waals surface area contributed by atoms with Crippen LogP contribution in [-0.4, -0.2) is 64.4 Å². The number of aliphatic hydroxyl groups excluding tert-OH is 2. The molecule has 6 atom stereocenters. The van der Waals surface area contributed by atoms with E-state index in [0.717, 1.165) is 30.4 Å². The predicted molar refractivity (Wildman–Crippen MR) is 126 cm³/mol. The molecule has 1 aromatic carbocycles. The van der Waals surface area contributed by atoms with Crippen molar-refractivity contribution in [2.24, 2.45) is 0 Å². The zero-order valence-corrected chi connectivity index (χ0v) is 21.5. The van der Waals surface area contributed by atoms with E-state index >= 15 is 0 Å². The largest absolute Gasteiger partial charge is 0.475 e. The Morgan fingerprint density at radius 1 is 0.946 bits per heavy atom. The average molecular weight is 541 g/mol. The molecule has 11 nitrogen and oxygen atoms in total. The number of fused-ring (bicyclic) bond motifs is 2. The molecule has 2 heterocycles. The van der Waals surface area contributed by atoms with Crippen LogP contribution >= 0.6 is 7.82 Å². The van der Waals surface area contributed by atoms with Gasteiger partial charge >= 0.3 is 13.8 Å². The molecule has 1 aromatic rings. The van der Waals surface area contributed by atoms with Gasteiger partial charge in [-0.25, -0.2) is 4.57 Å². The zero-order valence-electron chi connectivity index (χ0n) is 20.7. The molecule has 0 bridgehead atoms. The molecule has 2 N–H and O–H groups in total. The van der Waals surface area contributed by atoms with E-state index in [1.54, 1.807) is 0 Å². The predicted octanol–water partition coefficient (Wildman–Crippen LogP) is 2.69. The van der Waals surface area contributed by atoms with Crippen LogP contribution in [-0.2, 0) is 55.1 Å². The summed E-state index contributed by atoms with van der Waals surface area (Å²) in [5.41, 5.74) is 1.54. The van der Waals surface area contributed by atoms with Crippen molar-refractivity contribution in [2.75, 3.05) is 0 Å². The number of phosphoric ester groups is 1. The molecule has 3 fully saturated rings. The summed E-state index contributed by atoms with van der Waals surface area (Å²) >= 11 is 0. The van der Waals surface area contributed by atoms with Gasteiger partial charge in [0.05, 0.1) is 19.6 Å². The van der Waals surface area contributed by atoms with Crippen molar-refractivity contribution in [1.29, 1.82) is 0 Å². The van der Waals surface area contributed by atoms with Gasteiger partial charge in [0.2, 0.25) is 0 Å². The Morgan fingerprint density at radius 3 is 2.19 bits per heavy atom. The molecule has 5 rings (SSSR count). The Labute approximate surface area is 214 Å². The normalized spacial score (nSPS) is 34.2. The minimum atomic E-state index is -4.27. The van der Waals surface area contributed by atoms with Gasteiger partial charge in [-0.1, -0.05) is 30.7 Å². The maximum Gasteiger partial charge on any atom is 0.475 e. The Kier molecular flexibility index (Phi) is 7.87. The van der Waals surface area contributed by atoms with Gasteiger partial charge in [0.1, 0.15) is 36.3 Å². The number of hydrogen-bond acceptors (Lipinski definition) is 11. The number of Topliss-reactive ketones (excluding diaryl/α,β-unsaturated/α-hetero) is 1. The van der Waals surface area contributed by atoms with Crippen LogP contribution in [0, 0.1) is 0 Å². The first kappa shape index (κ1) is 26.9. The molecule has 0 unspecified atom stereocenters. The van der Waals surface area contributed by atoms with Crippen LogP contribution in [0.25, 0.3) is 0 Å². The fourth-order valence-corrected chi connectivity index (χ4v) is 6.73. The minimum Gasteiger partial charge on any atom is -0.457 e. The number of aliphatic hydroxyl groups is 2. The van der Waals surface area contributed by atoms with Crippen LogP contribution in [0.5, 0.6) is 0 Å². The van der Waals surface area contributed by atoms with Gasteiger partial charge in [0, 0.05) is 19.3 Å². The number of hydrogen-bond donors (Lipinski definition) is 2. The minimum absolute atomic E-state index is 0.0272. The van der Waals surface area contributed by atoms with Crippen molar-refractivity contribution in [3.05, 3.63) is 35.4 Å². The van der Waals surface area contributed by atoms with Crippen molar-refractivity contribution in [3.8, 4) is 0 Å². The molecule has 12 heteroatoms. The second kappa shape index (κ2) is 10.8. The van der Waals surface area contributed by atoms with E-state index < -0.39 is 56.2 Å². The van der Waals surface area contributed by atoms with E-state index in [1.165, 1.54) is 6.92 Å². The highest BCUT2D eigenvalue weighted by molar-refractivity contribution is 7.48. The number of carbonyl (C=O) groups excluding carboxylic acids is 2. The third-order valence-corrected chi connectivity index (χ3v) is 8.78. The summed E-state index contributed by atoms with van der Waals surface area (Å²) in [5, 5.41) is 22.1. The van der Waals surface area contributed by atoms with Gasteiger partial charge < -0.3 is 29.2 Å². The Balaban J connectivity index is 1.40. The Bertz CT molecular complexity index is 1020. The lowest BCUT2D eigenvalue weighted by molar-refractivity contribution is -0.210. The van der Waals surface area contributed by atoms with Crippen molar-refractivity contribution in [1.82, 2.24) is 0 Å². The van der Waals surface area contributed by atoms with E-state index in [9.17, 15) is 24.4 Å². The summed E-state index contributed by atoms with van der Waals surface area (Å²) < 4.78 is 48.5. The monoisotopic (exact) mass is 540 g/mol. The molecule has 2 aliphatic carbocycles. The fourth-order valence-electron chi connectivity index (χ4n) is 5.40. The smallest absolute Gasteiger partial charge is 0.457 e. The number of ether oxygens (including phenoxy) is 3. The molecule has 0 amide bonds. The number of phosphoric acid groups is 1. The van der Waals surface area contributed by atoms with Gasteiger partial charge in [-0.3, -0.25) is 18.4 Å². The van der Waals surface area contributed by atoms with Gasteiger partial charge in [-0.15, -0.1) is 0 Å². The second-order valence-corrected chi connectivity index (χ2v) is 11.7. The van der Waals surface area contributed by atoms with Crippen LogP contribution in [0.1, 0.15) is 63.0 Å². The summed E-state index contributed by atoms with van der Waals surface area (Å²) in [5.74, 6) is -1.89. The first-order valence-electron chi connectivity index (χ1n) is 12.7. The van der Waals surface area contributed by atoms with Crippen LogP contribution < -0.4 is 0 Å². The average Bonchev–Trinajstić information content (AvgIpc) is 3.15. The number of benzene rings is 1. The maximum absolute atomic E-state index is 13.6. The van der Waals surface area contributed by atoms with Crippen molar-refractivity contribution < 1.29 is 52.1 Å². The summed E-state index contributed by atoms with van der Waals surface area (Å²) in [6.45, 7) is 1.24. The number of rotatable bonds is 6. The van der Waals surface area contributed by atoms with E-state index in [1.807, 2.05) is 24.3 Å². The molecule has 2 aliphatic heterocycles. The zero-order chi connectivity index (χ0) is 26.2. The lowest BCUT2D eigenvalue weighted by Gasteiger charge is -2.43. The lowest BCUT2D eigenvalue weighted by Crippen LogP contribution is -2.64. The van der Waals surface area contributed by atoms with Gasteiger partial charge in [0.25, 0.3) is 0 Å². The maximum atomic E-state index is 13.6. The van der Waals surface area contributed by atoms with Crippen molar-refractivity contribution in [3.63, 3.8) is 0 Å². The highest BCUT2D eigenvalue weighted by Gasteiger charge is 2.63. The highest BCUT2D eigenvalue weighted by Crippen LogP contribution is 2.56. The molecule has 1 saturated heterocycles. The summed E-state index contributed by atoms with van der Waals surface area (Å²) in [4.78, 5) is 24.1. The molecule has 37 heavy (non-hydrogen) atoms. The van der Waals surface area contributed by atoms with E-state index in [4.69, 9.17) is 27.8 Å². The van der Waals surface area contributed by atoms with Crippen LogP contribution in [0.15, 0.2) is 24.3 Å². The summed E-state index contributed by atoms with van der Waals surface area (Å²) in [6.07, 6.45) is -4.25. The molecule has 2 saturated carbocycles. The standard InChI is InChI=1S/C25H33O11P/c1-15(26)9-10-18(27)33-23-22(36-37(30)31-13-16-7-3-4-8-17(16)14-32-37)20(29)19(28)21-24(23)35-25(34-21)11-5-2-6-12-25/h3-4,7-8,19-24,28-29H,2,5-6,9-14H2,1H3/t19-,20-,21-,22+,23-,24-/m0/s1. The van der Waals surface area contributed by atoms with E-state index in [-0.39, 0.29) is 31.8 Å². The summed E-state index contributed by atoms with van der Waals surface area (Å²) in [6, 6.07) is 7.25. The van der Waals surface area contributed by atoms with E-state index in [2.05, 4.69) is 0 Å². The topological polar surface area (TPSA) is 147 Å². The molecule has 4 aliphatic rings. The lowest BCUT2D eigenvalue weighted by atomic mass is 9.85. The molecule has 0 radical (unpaired) electrons. The quantitative estimate of drug-likeness (QED) is 0.405. The first-order valence-corrected chi connectivity index (χ1v) is 14.2. The van der Waals surface area contributed by atoms with Crippen molar-refractivity contribution >= 4 is 19.6 Å². The van der Waals surface area contributed by atoms with Gasteiger partial charge in [-0.05, 0) is 30.9 Å². The number of carbonyl (C=O) groups is 2. The Hall–Kier alpha value is -1.69. The number of esters is 1. The second-order valence-electron chi connectivity index (χ2n) is 10.1. The third kappa shape index (κ3) is 5.69. The molecular weight excluding hydrogens is 507 g/mol. The van der Waals surface area contributed by atoms with Gasteiger partial charge in [0.15, 0.2) is 11.9 Å². The Morgan fingerprint density at radius 2 is 1.57 bits per heavy atom. The van der Waals surface area contributed by atoms with Gasteiger partial charge in [-0.2, -0.15) is 0 Å².